The van der Waals surface area contributed by atoms with Gasteiger partial charge in [-0.15, -0.1) is 0 Å². The summed E-state index contributed by atoms with van der Waals surface area (Å²) in [6, 6.07) is -1.04. The minimum atomic E-state index is -3.53. The molecule has 15 heavy (non-hydrogen) atoms. The Morgan fingerprint density at radius 3 is 2.07 bits per heavy atom. The van der Waals surface area contributed by atoms with E-state index in [1.165, 1.54) is 13.8 Å². The predicted molar refractivity (Wildman–Crippen MR) is 58.1 cm³/mol. The van der Waals surface area contributed by atoms with Gasteiger partial charge in [-0.1, -0.05) is 20.3 Å². The molecule has 0 saturated heterocycles. The van der Waals surface area contributed by atoms with Crippen LogP contribution in [0.4, 0.5) is 0 Å². The fourth-order valence-electron chi connectivity index (χ4n) is 0.959. The normalized spacial score (nSPS) is 16.3. The summed E-state index contributed by atoms with van der Waals surface area (Å²) in [4.78, 5) is 10.9. The van der Waals surface area contributed by atoms with Crippen LogP contribution in [0.15, 0.2) is 0 Å². The van der Waals surface area contributed by atoms with Crippen molar-refractivity contribution in [3.8, 4) is 0 Å². The molecular formula is C9H19NO4S. The lowest BCUT2D eigenvalue weighted by Gasteiger charge is -2.21. The van der Waals surface area contributed by atoms with Gasteiger partial charge in [0.2, 0.25) is 10.0 Å². The van der Waals surface area contributed by atoms with Gasteiger partial charge in [-0.3, -0.25) is 4.79 Å². The van der Waals surface area contributed by atoms with Gasteiger partial charge in [0.1, 0.15) is 6.04 Å². The molecule has 0 aromatic heterocycles. The number of aliphatic carboxylic acids is 1. The fraction of sp³-hybridized carbons (Fsp3) is 0.889. The molecule has 90 valence electrons. The van der Waals surface area contributed by atoms with Crippen molar-refractivity contribution in [1.29, 1.82) is 0 Å². The standard InChI is InChI=1S/C9H19NO4S/c1-5-7(4)8(9(11)12)10-15(13,14)6(2)3/h6-8,10H,5H2,1-4H3,(H,11,12)/t7-,8-/m0/s1. The van der Waals surface area contributed by atoms with Gasteiger partial charge < -0.3 is 5.11 Å². The second-order valence-corrected chi connectivity index (χ2v) is 6.18. The molecule has 0 aromatic carbocycles. The highest BCUT2D eigenvalue weighted by molar-refractivity contribution is 7.90. The lowest BCUT2D eigenvalue weighted by atomic mass is 10.0. The zero-order valence-corrected chi connectivity index (χ0v) is 10.3. The Morgan fingerprint density at radius 2 is 1.80 bits per heavy atom. The molecule has 0 aromatic rings. The lowest BCUT2D eigenvalue weighted by Crippen LogP contribution is -2.47. The smallest absolute Gasteiger partial charge is 0.322 e. The summed E-state index contributed by atoms with van der Waals surface area (Å²) in [7, 11) is -3.53. The van der Waals surface area contributed by atoms with Gasteiger partial charge in [0.15, 0.2) is 0 Å². The summed E-state index contributed by atoms with van der Waals surface area (Å²) >= 11 is 0. The maximum atomic E-state index is 11.5. The first-order valence-corrected chi connectivity index (χ1v) is 6.51. The SMILES string of the molecule is CC[C@H](C)[C@H](NS(=O)(=O)C(C)C)C(=O)O. The Hall–Kier alpha value is -0.620. The van der Waals surface area contributed by atoms with Crippen LogP contribution in [0.25, 0.3) is 0 Å². The van der Waals surface area contributed by atoms with Crippen LogP contribution in [0.1, 0.15) is 34.1 Å². The van der Waals surface area contributed by atoms with Crippen molar-refractivity contribution >= 4 is 16.0 Å². The maximum Gasteiger partial charge on any atom is 0.322 e. The van der Waals surface area contributed by atoms with Crippen molar-refractivity contribution in [2.45, 2.75) is 45.4 Å². The molecule has 5 nitrogen and oxygen atoms in total. The highest BCUT2D eigenvalue weighted by Gasteiger charge is 2.29. The highest BCUT2D eigenvalue weighted by atomic mass is 32.2. The Labute approximate surface area is 90.9 Å². The molecule has 0 bridgehead atoms. The van der Waals surface area contributed by atoms with Gasteiger partial charge in [-0.25, -0.2) is 13.1 Å². The molecule has 0 spiro atoms. The average Bonchev–Trinajstić information content (AvgIpc) is 2.12. The Morgan fingerprint density at radius 1 is 1.33 bits per heavy atom. The first-order valence-electron chi connectivity index (χ1n) is 4.96. The van der Waals surface area contributed by atoms with E-state index in [0.29, 0.717) is 6.42 Å². The molecule has 0 aliphatic rings. The maximum absolute atomic E-state index is 11.5. The molecule has 2 N–H and O–H groups in total. The van der Waals surface area contributed by atoms with E-state index in [9.17, 15) is 13.2 Å². The Bertz CT molecular complexity index is 310. The van der Waals surface area contributed by atoms with E-state index < -0.39 is 27.3 Å². The fourth-order valence-corrected chi connectivity index (χ4v) is 1.92. The van der Waals surface area contributed by atoms with Crippen molar-refractivity contribution in [3.63, 3.8) is 0 Å². The summed E-state index contributed by atoms with van der Waals surface area (Å²) in [6.07, 6.45) is 0.609. The number of carbonyl (C=O) groups is 1. The monoisotopic (exact) mass is 237 g/mol. The largest absolute Gasteiger partial charge is 0.480 e. The van der Waals surface area contributed by atoms with Gasteiger partial charge in [-0.05, 0) is 19.8 Å². The van der Waals surface area contributed by atoms with Crippen LogP contribution in [0.2, 0.25) is 0 Å². The van der Waals surface area contributed by atoms with Crippen LogP contribution in [0, 0.1) is 5.92 Å². The van der Waals surface area contributed by atoms with Crippen LogP contribution in [0.5, 0.6) is 0 Å². The number of sulfonamides is 1. The molecule has 0 rings (SSSR count). The predicted octanol–water partition coefficient (Wildman–Crippen LogP) is 0.813. The van der Waals surface area contributed by atoms with Crippen molar-refractivity contribution in [3.05, 3.63) is 0 Å². The summed E-state index contributed by atoms with van der Waals surface area (Å²) in [5, 5.41) is 8.27. The summed E-state index contributed by atoms with van der Waals surface area (Å²) in [5.41, 5.74) is 0. The number of nitrogens with one attached hydrogen (secondary N) is 1. The van der Waals surface area contributed by atoms with Crippen LogP contribution in [-0.4, -0.2) is 30.8 Å². The molecule has 0 aliphatic carbocycles. The quantitative estimate of drug-likeness (QED) is 0.716. The van der Waals surface area contributed by atoms with Crippen LogP contribution >= 0.6 is 0 Å². The molecule has 0 fully saturated rings. The van der Waals surface area contributed by atoms with Crippen LogP contribution < -0.4 is 4.72 Å². The lowest BCUT2D eigenvalue weighted by molar-refractivity contribution is -0.140. The molecule has 0 heterocycles. The molecule has 2 atom stereocenters. The van der Waals surface area contributed by atoms with Gasteiger partial charge in [-0.2, -0.15) is 0 Å². The number of rotatable bonds is 6. The van der Waals surface area contributed by atoms with E-state index in [4.69, 9.17) is 5.11 Å². The summed E-state index contributed by atoms with van der Waals surface area (Å²) in [6.45, 7) is 6.56. The van der Waals surface area contributed by atoms with Crippen LogP contribution in [0.3, 0.4) is 0 Å². The second kappa shape index (κ2) is 5.46. The zero-order chi connectivity index (χ0) is 12.2. The van der Waals surface area contributed by atoms with E-state index in [-0.39, 0.29) is 5.92 Å². The number of hydrogen-bond donors (Lipinski definition) is 2. The first kappa shape index (κ1) is 14.4. The summed E-state index contributed by atoms with van der Waals surface area (Å²) < 4.78 is 25.2. The Balaban J connectivity index is 4.78. The third-order valence-electron chi connectivity index (χ3n) is 2.39. The van der Waals surface area contributed by atoms with Crippen molar-refractivity contribution in [2.75, 3.05) is 0 Å². The van der Waals surface area contributed by atoms with Gasteiger partial charge in [0.05, 0.1) is 5.25 Å². The molecule has 0 amide bonds. The summed E-state index contributed by atoms with van der Waals surface area (Å²) in [5.74, 6) is -1.36. The first-order chi connectivity index (χ1) is 6.72. The topological polar surface area (TPSA) is 83.5 Å². The molecule has 0 radical (unpaired) electrons. The van der Waals surface area contributed by atoms with Crippen molar-refractivity contribution in [2.24, 2.45) is 5.92 Å². The number of carboxylic acid groups (broad SMARTS) is 1. The second-order valence-electron chi connectivity index (χ2n) is 3.91. The molecule has 6 heteroatoms. The van der Waals surface area contributed by atoms with E-state index in [1.54, 1.807) is 6.92 Å². The van der Waals surface area contributed by atoms with Crippen molar-refractivity contribution < 1.29 is 18.3 Å². The number of hydrogen-bond acceptors (Lipinski definition) is 3. The molecule has 0 saturated carbocycles. The van der Waals surface area contributed by atoms with Gasteiger partial charge in [0.25, 0.3) is 0 Å². The van der Waals surface area contributed by atoms with E-state index in [1.807, 2.05) is 6.92 Å². The Kier molecular flexibility index (Phi) is 5.23. The van der Waals surface area contributed by atoms with E-state index in [0.717, 1.165) is 0 Å². The zero-order valence-electron chi connectivity index (χ0n) is 9.52. The highest BCUT2D eigenvalue weighted by Crippen LogP contribution is 2.10. The third kappa shape index (κ3) is 4.17. The third-order valence-corrected chi connectivity index (χ3v) is 4.21. The minimum absolute atomic E-state index is 0.226. The number of carboxylic acids is 1. The van der Waals surface area contributed by atoms with E-state index in [2.05, 4.69) is 4.72 Å². The van der Waals surface area contributed by atoms with Gasteiger partial charge >= 0.3 is 5.97 Å². The molecule has 0 unspecified atom stereocenters. The molecule has 0 aliphatic heterocycles. The van der Waals surface area contributed by atoms with Crippen LogP contribution in [-0.2, 0) is 14.8 Å². The van der Waals surface area contributed by atoms with Crippen molar-refractivity contribution in [1.82, 2.24) is 4.72 Å². The van der Waals surface area contributed by atoms with Gasteiger partial charge in [0, 0.05) is 0 Å². The van der Waals surface area contributed by atoms with E-state index >= 15 is 0 Å². The average molecular weight is 237 g/mol. The molecular weight excluding hydrogens is 218 g/mol. The minimum Gasteiger partial charge on any atom is -0.480 e.